The van der Waals surface area contributed by atoms with E-state index in [1.165, 1.54) is 6.07 Å². The van der Waals surface area contributed by atoms with Gasteiger partial charge in [0.25, 0.3) is 0 Å². The van der Waals surface area contributed by atoms with E-state index < -0.39 is 0 Å². The number of carbonyl (C=O) groups excluding carboxylic acids is 1. The van der Waals surface area contributed by atoms with E-state index in [1.54, 1.807) is 13.1 Å². The van der Waals surface area contributed by atoms with Crippen molar-refractivity contribution in [3.8, 4) is 0 Å². The summed E-state index contributed by atoms with van der Waals surface area (Å²) in [4.78, 5) is 17.2. The Morgan fingerprint density at radius 1 is 1.50 bits per heavy atom. The third kappa shape index (κ3) is 4.79. The van der Waals surface area contributed by atoms with Crippen molar-refractivity contribution < 1.29 is 13.9 Å². The van der Waals surface area contributed by atoms with Crippen molar-refractivity contribution in [1.29, 1.82) is 0 Å². The van der Waals surface area contributed by atoms with Crippen LogP contribution in [0.25, 0.3) is 0 Å². The summed E-state index contributed by atoms with van der Waals surface area (Å²) in [6.07, 6.45) is 2.76. The predicted octanol–water partition coefficient (Wildman–Crippen LogP) is 1.99. The molecule has 100 valence electrons. The van der Waals surface area contributed by atoms with E-state index in [9.17, 15) is 9.18 Å². The lowest BCUT2D eigenvalue weighted by Crippen LogP contribution is -2.36. The molecule has 0 fully saturated rings. The Morgan fingerprint density at radius 3 is 2.78 bits per heavy atom. The summed E-state index contributed by atoms with van der Waals surface area (Å²) < 4.78 is 17.9. The number of pyridine rings is 1. The van der Waals surface area contributed by atoms with Crippen LogP contribution >= 0.6 is 0 Å². The van der Waals surface area contributed by atoms with Crippen molar-refractivity contribution in [2.45, 2.75) is 33.4 Å². The Balaban J connectivity index is 2.66. The number of rotatable bonds is 6. The SMILES string of the molecule is CCOC(=O)CN(Cc1cncc(F)c1)C(C)C. The molecule has 0 aromatic carbocycles. The van der Waals surface area contributed by atoms with Crippen LogP contribution in [0.15, 0.2) is 18.5 Å². The normalized spacial score (nSPS) is 11.0. The van der Waals surface area contributed by atoms with E-state index in [1.807, 2.05) is 18.7 Å². The fourth-order valence-corrected chi connectivity index (χ4v) is 1.57. The molecule has 0 saturated carbocycles. The molecule has 0 unspecified atom stereocenters. The monoisotopic (exact) mass is 254 g/mol. The maximum Gasteiger partial charge on any atom is 0.320 e. The van der Waals surface area contributed by atoms with Gasteiger partial charge in [-0.3, -0.25) is 14.7 Å². The second-order valence-electron chi connectivity index (χ2n) is 4.32. The lowest BCUT2D eigenvalue weighted by molar-refractivity contribution is -0.145. The number of nitrogens with zero attached hydrogens (tertiary/aromatic N) is 2. The van der Waals surface area contributed by atoms with Gasteiger partial charge in [-0.2, -0.15) is 0 Å². The number of carbonyl (C=O) groups is 1. The van der Waals surface area contributed by atoms with Crippen molar-refractivity contribution in [2.24, 2.45) is 0 Å². The Hall–Kier alpha value is -1.49. The summed E-state index contributed by atoms with van der Waals surface area (Å²) in [5.41, 5.74) is 0.744. The molecule has 0 saturated heterocycles. The summed E-state index contributed by atoms with van der Waals surface area (Å²) in [5, 5.41) is 0. The summed E-state index contributed by atoms with van der Waals surface area (Å²) in [7, 11) is 0. The van der Waals surface area contributed by atoms with Gasteiger partial charge in [0.2, 0.25) is 0 Å². The first kappa shape index (κ1) is 14.6. The Kier molecular flexibility index (Phi) is 5.71. The average molecular weight is 254 g/mol. The molecule has 1 aromatic heterocycles. The quantitative estimate of drug-likeness (QED) is 0.728. The molecule has 5 heteroatoms. The van der Waals surface area contributed by atoms with Gasteiger partial charge in [0.1, 0.15) is 5.82 Å². The summed E-state index contributed by atoms with van der Waals surface area (Å²) >= 11 is 0. The molecular weight excluding hydrogens is 235 g/mol. The van der Waals surface area contributed by atoms with Crippen molar-refractivity contribution in [3.05, 3.63) is 29.8 Å². The van der Waals surface area contributed by atoms with Gasteiger partial charge in [-0.05, 0) is 32.4 Å². The van der Waals surface area contributed by atoms with Gasteiger partial charge in [-0.1, -0.05) is 0 Å². The van der Waals surface area contributed by atoms with Crippen LogP contribution in [0.4, 0.5) is 4.39 Å². The number of hydrogen-bond donors (Lipinski definition) is 0. The topological polar surface area (TPSA) is 42.4 Å². The second kappa shape index (κ2) is 7.06. The van der Waals surface area contributed by atoms with E-state index in [0.717, 1.165) is 11.8 Å². The first-order valence-electron chi connectivity index (χ1n) is 6.02. The largest absolute Gasteiger partial charge is 0.465 e. The number of hydrogen-bond acceptors (Lipinski definition) is 4. The van der Waals surface area contributed by atoms with Crippen LogP contribution in [0.1, 0.15) is 26.3 Å². The van der Waals surface area contributed by atoms with Crippen LogP contribution in [0.2, 0.25) is 0 Å². The number of halogens is 1. The average Bonchev–Trinajstić information content (AvgIpc) is 2.28. The molecule has 4 nitrogen and oxygen atoms in total. The van der Waals surface area contributed by atoms with Crippen LogP contribution in [-0.4, -0.2) is 35.0 Å². The summed E-state index contributed by atoms with van der Waals surface area (Å²) in [6.45, 7) is 6.77. The van der Waals surface area contributed by atoms with Gasteiger partial charge in [0, 0.05) is 18.8 Å². The lowest BCUT2D eigenvalue weighted by atomic mass is 10.2. The van der Waals surface area contributed by atoms with Crippen LogP contribution in [0.3, 0.4) is 0 Å². The zero-order chi connectivity index (χ0) is 13.5. The molecule has 0 aliphatic carbocycles. The van der Waals surface area contributed by atoms with Crippen LogP contribution in [0, 0.1) is 5.82 Å². The van der Waals surface area contributed by atoms with Crippen molar-refractivity contribution in [3.63, 3.8) is 0 Å². The van der Waals surface area contributed by atoms with Crippen LogP contribution in [0.5, 0.6) is 0 Å². The highest BCUT2D eigenvalue weighted by Gasteiger charge is 2.15. The minimum atomic E-state index is -0.368. The number of aromatic nitrogens is 1. The molecule has 1 heterocycles. The molecule has 0 spiro atoms. The van der Waals surface area contributed by atoms with Crippen molar-refractivity contribution in [1.82, 2.24) is 9.88 Å². The maximum atomic E-state index is 13.0. The van der Waals surface area contributed by atoms with Crippen molar-refractivity contribution in [2.75, 3.05) is 13.2 Å². The number of esters is 1. The predicted molar refractivity (Wildman–Crippen MR) is 66.4 cm³/mol. The zero-order valence-corrected chi connectivity index (χ0v) is 11.0. The molecule has 0 amide bonds. The standard InChI is InChI=1S/C13H19FN2O2/c1-4-18-13(17)9-16(10(2)3)8-11-5-12(14)7-15-6-11/h5-7,10H,4,8-9H2,1-3H3. The van der Waals surface area contributed by atoms with Gasteiger partial charge in [-0.25, -0.2) is 4.39 Å². The van der Waals surface area contributed by atoms with Gasteiger partial charge < -0.3 is 4.74 Å². The Morgan fingerprint density at radius 2 is 2.22 bits per heavy atom. The Bertz CT molecular complexity index is 396. The minimum Gasteiger partial charge on any atom is -0.465 e. The van der Waals surface area contributed by atoms with E-state index in [-0.39, 0.29) is 24.4 Å². The second-order valence-corrected chi connectivity index (χ2v) is 4.32. The zero-order valence-electron chi connectivity index (χ0n) is 11.0. The maximum absolute atomic E-state index is 13.0. The molecular formula is C13H19FN2O2. The fraction of sp³-hybridized carbons (Fsp3) is 0.538. The lowest BCUT2D eigenvalue weighted by Gasteiger charge is -2.25. The molecule has 18 heavy (non-hydrogen) atoms. The molecule has 0 bridgehead atoms. The van der Waals surface area contributed by atoms with Gasteiger partial charge in [0.05, 0.1) is 19.3 Å². The van der Waals surface area contributed by atoms with Gasteiger partial charge in [0.15, 0.2) is 0 Å². The highest BCUT2D eigenvalue weighted by atomic mass is 19.1. The van der Waals surface area contributed by atoms with Gasteiger partial charge in [-0.15, -0.1) is 0 Å². The molecule has 1 rings (SSSR count). The third-order valence-electron chi connectivity index (χ3n) is 2.51. The highest BCUT2D eigenvalue weighted by molar-refractivity contribution is 5.71. The van der Waals surface area contributed by atoms with E-state index in [0.29, 0.717) is 13.2 Å². The fourth-order valence-electron chi connectivity index (χ4n) is 1.57. The smallest absolute Gasteiger partial charge is 0.320 e. The minimum absolute atomic E-state index is 0.165. The molecule has 0 aliphatic rings. The highest BCUT2D eigenvalue weighted by Crippen LogP contribution is 2.08. The molecule has 1 aromatic rings. The molecule has 0 aliphatic heterocycles. The van der Waals surface area contributed by atoms with E-state index in [2.05, 4.69) is 4.98 Å². The van der Waals surface area contributed by atoms with E-state index >= 15 is 0 Å². The molecule has 0 radical (unpaired) electrons. The first-order chi connectivity index (χ1) is 8.52. The third-order valence-corrected chi connectivity index (χ3v) is 2.51. The van der Waals surface area contributed by atoms with Crippen molar-refractivity contribution >= 4 is 5.97 Å². The number of ether oxygens (including phenoxy) is 1. The van der Waals surface area contributed by atoms with Crippen LogP contribution in [-0.2, 0) is 16.1 Å². The first-order valence-corrected chi connectivity index (χ1v) is 6.02. The summed E-state index contributed by atoms with van der Waals surface area (Å²) in [5.74, 6) is -0.636. The Labute approximate surface area is 107 Å². The molecule has 0 atom stereocenters. The molecule has 0 N–H and O–H groups in total. The van der Waals surface area contributed by atoms with Crippen LogP contribution < -0.4 is 0 Å². The van der Waals surface area contributed by atoms with Gasteiger partial charge >= 0.3 is 5.97 Å². The summed E-state index contributed by atoms with van der Waals surface area (Å²) in [6, 6.07) is 1.59. The van der Waals surface area contributed by atoms with E-state index in [4.69, 9.17) is 4.74 Å².